The van der Waals surface area contributed by atoms with Crippen LogP contribution in [0.3, 0.4) is 0 Å². The summed E-state index contributed by atoms with van der Waals surface area (Å²) in [5.41, 5.74) is 0.460. The van der Waals surface area contributed by atoms with Crippen LogP contribution in [-0.2, 0) is 20.7 Å². The number of aromatic hydroxyl groups is 1. The molecule has 0 saturated heterocycles. The monoisotopic (exact) mass is 543 g/mol. The molecule has 0 bridgehead atoms. The summed E-state index contributed by atoms with van der Waals surface area (Å²) >= 11 is 0. The Hall–Kier alpha value is -4.97. The quantitative estimate of drug-likeness (QED) is 0.268. The van der Waals surface area contributed by atoms with Gasteiger partial charge in [-0.1, -0.05) is 55.0 Å². The van der Waals surface area contributed by atoms with Gasteiger partial charge in [-0.25, -0.2) is 4.79 Å². The smallest absolute Gasteiger partial charge is 0.408 e. The normalized spacial score (nSPS) is 12.3. The Morgan fingerprint density at radius 2 is 1.60 bits per heavy atom. The van der Waals surface area contributed by atoms with Crippen molar-refractivity contribution in [3.05, 3.63) is 90.0 Å². The fourth-order valence-electron chi connectivity index (χ4n) is 3.93. The highest BCUT2D eigenvalue weighted by atomic mass is 16.6. The summed E-state index contributed by atoms with van der Waals surface area (Å²) in [6.07, 6.45) is 5.08. The Morgan fingerprint density at radius 3 is 2.17 bits per heavy atom. The number of terminal acetylenes is 1. The molecule has 3 rings (SSSR count). The average Bonchev–Trinajstić information content (AvgIpc) is 2.91. The summed E-state index contributed by atoms with van der Waals surface area (Å²) in [6.45, 7) is 5.10. The van der Waals surface area contributed by atoms with Crippen molar-refractivity contribution in [3.8, 4) is 24.0 Å². The van der Waals surface area contributed by atoms with Gasteiger partial charge in [0.1, 0.15) is 23.1 Å². The van der Waals surface area contributed by atoms with Crippen molar-refractivity contribution in [1.82, 2.24) is 10.2 Å². The lowest BCUT2D eigenvalue weighted by Gasteiger charge is -2.30. The zero-order valence-electron chi connectivity index (χ0n) is 22.9. The first kappa shape index (κ1) is 29.6. The van der Waals surface area contributed by atoms with E-state index in [0.717, 1.165) is 10.5 Å². The van der Waals surface area contributed by atoms with Crippen molar-refractivity contribution in [2.75, 3.05) is 12.4 Å². The highest BCUT2D eigenvalue weighted by molar-refractivity contribution is 6.00. The number of nitrogens with one attached hydrogen (secondary N) is 2. The molecule has 0 spiro atoms. The Balaban J connectivity index is 2.00. The van der Waals surface area contributed by atoms with Gasteiger partial charge in [0.15, 0.2) is 6.04 Å². The molecule has 0 heterocycles. The first-order valence-corrected chi connectivity index (χ1v) is 12.6. The molecule has 208 valence electrons. The molecule has 9 heteroatoms. The van der Waals surface area contributed by atoms with Crippen molar-refractivity contribution in [3.63, 3.8) is 0 Å². The van der Waals surface area contributed by atoms with Gasteiger partial charge in [-0.05, 0) is 56.7 Å². The third kappa shape index (κ3) is 8.01. The van der Waals surface area contributed by atoms with E-state index in [0.29, 0.717) is 11.4 Å². The number of hydrogen-bond acceptors (Lipinski definition) is 6. The summed E-state index contributed by atoms with van der Waals surface area (Å²) < 4.78 is 10.5. The second-order valence-electron chi connectivity index (χ2n) is 9.90. The van der Waals surface area contributed by atoms with Crippen LogP contribution >= 0.6 is 0 Å². The summed E-state index contributed by atoms with van der Waals surface area (Å²) in [5, 5.41) is 16.0. The number of methoxy groups -OCH3 is 1. The second-order valence-corrected chi connectivity index (χ2v) is 9.90. The Bertz CT molecular complexity index is 1360. The predicted molar refractivity (Wildman–Crippen MR) is 151 cm³/mol. The molecule has 0 aliphatic rings. The van der Waals surface area contributed by atoms with Crippen molar-refractivity contribution >= 4 is 23.6 Å². The van der Waals surface area contributed by atoms with Crippen LogP contribution in [-0.4, -0.2) is 46.7 Å². The van der Waals surface area contributed by atoms with Gasteiger partial charge in [-0.2, -0.15) is 0 Å². The highest BCUT2D eigenvalue weighted by Gasteiger charge is 2.37. The molecule has 0 radical (unpaired) electrons. The van der Waals surface area contributed by atoms with E-state index in [9.17, 15) is 19.5 Å². The fraction of sp³-hybridized carbons (Fsp3) is 0.258. The van der Waals surface area contributed by atoms with E-state index in [4.69, 9.17) is 15.9 Å². The number of ether oxygens (including phenoxy) is 2. The number of carbonyl (C=O) groups is 3. The summed E-state index contributed by atoms with van der Waals surface area (Å²) in [5.74, 6) is -1.05. The van der Waals surface area contributed by atoms with Crippen LogP contribution in [0.25, 0.3) is 0 Å². The molecule has 0 saturated carbocycles. The number of amides is 3. The first-order chi connectivity index (χ1) is 19.0. The zero-order chi connectivity index (χ0) is 29.3. The van der Waals surface area contributed by atoms with E-state index >= 15 is 0 Å². The Morgan fingerprint density at radius 1 is 0.975 bits per heavy atom. The summed E-state index contributed by atoms with van der Waals surface area (Å²) in [4.78, 5) is 41.2. The maximum atomic E-state index is 14.0. The maximum Gasteiger partial charge on any atom is 0.408 e. The van der Waals surface area contributed by atoms with Crippen molar-refractivity contribution < 1.29 is 29.0 Å². The Labute approximate surface area is 234 Å². The molecule has 3 amide bonds. The van der Waals surface area contributed by atoms with Crippen LogP contribution in [0, 0.1) is 12.5 Å². The molecule has 0 aliphatic carbocycles. The molecule has 9 nitrogen and oxygen atoms in total. The largest absolute Gasteiger partial charge is 0.508 e. The SMILES string of the molecule is C#CN(C(=O)C(Cc1ccccc1)NC(=O)OC(C)(C)C)C(C(=O)Nc1ccc(OC)cc1)c1ccccc1O. The maximum absolute atomic E-state index is 14.0. The highest BCUT2D eigenvalue weighted by Crippen LogP contribution is 2.31. The molecule has 2 atom stereocenters. The summed E-state index contributed by atoms with van der Waals surface area (Å²) in [7, 11) is 1.52. The molecule has 3 aromatic carbocycles. The number of benzene rings is 3. The van der Waals surface area contributed by atoms with E-state index < -0.39 is 35.6 Å². The number of carbonyl (C=O) groups excluding carboxylic acids is 3. The van der Waals surface area contributed by atoms with Crippen molar-refractivity contribution in [1.29, 1.82) is 0 Å². The number of para-hydroxylation sites is 1. The third-order valence-electron chi connectivity index (χ3n) is 5.74. The lowest BCUT2D eigenvalue weighted by molar-refractivity contribution is -0.136. The zero-order valence-corrected chi connectivity index (χ0v) is 22.9. The van der Waals surface area contributed by atoms with Gasteiger partial charge in [-0.3, -0.25) is 14.5 Å². The molecule has 0 fully saturated rings. The van der Waals surface area contributed by atoms with Gasteiger partial charge >= 0.3 is 6.09 Å². The van der Waals surface area contributed by atoms with Crippen molar-refractivity contribution in [2.45, 2.75) is 44.9 Å². The van der Waals surface area contributed by atoms with Gasteiger partial charge in [-0.15, -0.1) is 0 Å². The van der Waals surface area contributed by atoms with Gasteiger partial charge in [0.05, 0.1) is 7.11 Å². The molecular weight excluding hydrogens is 510 g/mol. The van der Waals surface area contributed by atoms with Crippen molar-refractivity contribution in [2.24, 2.45) is 0 Å². The minimum absolute atomic E-state index is 0.0741. The topological polar surface area (TPSA) is 117 Å². The van der Waals surface area contributed by atoms with Crippen LogP contribution in [0.1, 0.15) is 37.9 Å². The predicted octanol–water partition coefficient (Wildman–Crippen LogP) is 4.64. The van der Waals surface area contributed by atoms with Gasteiger partial charge in [0.25, 0.3) is 11.8 Å². The minimum Gasteiger partial charge on any atom is -0.508 e. The lowest BCUT2D eigenvalue weighted by atomic mass is 10.00. The van der Waals surface area contributed by atoms with Crippen LogP contribution in [0.5, 0.6) is 11.5 Å². The molecule has 2 unspecified atom stereocenters. The van der Waals surface area contributed by atoms with Gasteiger partial charge in [0.2, 0.25) is 0 Å². The molecule has 3 N–H and O–H groups in total. The molecule has 3 aromatic rings. The first-order valence-electron chi connectivity index (χ1n) is 12.6. The standard InChI is InChI=1S/C31H33N3O6/c1-6-34(29(37)25(20-21-12-8-7-9-13-21)33-30(38)40-31(2,3)4)27(24-14-10-11-15-26(24)35)28(36)32-22-16-18-23(39-5)19-17-22/h1,7-19,25,27,35H,20H2,2-5H3,(H,32,36)(H,33,38). The van der Waals surface area contributed by atoms with Gasteiger partial charge in [0, 0.05) is 23.7 Å². The van der Waals surface area contributed by atoms with Crippen LogP contribution in [0.15, 0.2) is 78.9 Å². The van der Waals surface area contributed by atoms with Gasteiger partial charge < -0.3 is 25.2 Å². The number of alkyl carbamates (subject to hydrolysis) is 1. The third-order valence-corrected chi connectivity index (χ3v) is 5.74. The molecule has 0 aliphatic heterocycles. The fourth-order valence-corrected chi connectivity index (χ4v) is 3.93. The van der Waals surface area contributed by atoms with E-state index in [1.807, 2.05) is 6.07 Å². The number of anilines is 1. The molecule has 0 aromatic heterocycles. The Kier molecular flexibility index (Phi) is 9.76. The molecular formula is C31H33N3O6. The number of rotatable bonds is 9. The number of phenolic OH excluding ortho intramolecular Hbond substituents is 1. The van der Waals surface area contributed by atoms with E-state index in [1.165, 1.54) is 19.2 Å². The number of phenols is 1. The minimum atomic E-state index is -1.43. The summed E-state index contributed by atoms with van der Waals surface area (Å²) in [6, 6.07) is 21.4. The van der Waals surface area contributed by atoms with E-state index in [1.54, 1.807) is 81.4 Å². The van der Waals surface area contributed by atoms with E-state index in [2.05, 4.69) is 16.7 Å². The van der Waals surface area contributed by atoms with Crippen LogP contribution in [0.4, 0.5) is 10.5 Å². The van der Waals surface area contributed by atoms with Crippen LogP contribution < -0.4 is 15.4 Å². The average molecular weight is 544 g/mol. The van der Waals surface area contributed by atoms with E-state index in [-0.39, 0.29) is 17.7 Å². The number of hydrogen-bond donors (Lipinski definition) is 3. The molecule has 40 heavy (non-hydrogen) atoms. The second kappa shape index (κ2) is 13.2. The lowest BCUT2D eigenvalue weighted by Crippen LogP contribution is -2.51. The van der Waals surface area contributed by atoms with Crippen LogP contribution in [0.2, 0.25) is 0 Å². The number of nitrogens with zero attached hydrogens (tertiary/aromatic N) is 1.